The molecule has 0 atom stereocenters. The van der Waals surface area contributed by atoms with Gasteiger partial charge in [0, 0.05) is 23.4 Å². The smallest absolute Gasteiger partial charge is 0.251 e. The van der Waals surface area contributed by atoms with Gasteiger partial charge in [-0.3, -0.25) is 4.79 Å². The Morgan fingerprint density at radius 1 is 1.53 bits per heavy atom. The van der Waals surface area contributed by atoms with Gasteiger partial charge in [-0.1, -0.05) is 0 Å². The maximum absolute atomic E-state index is 12.0. The number of nitrogens with one attached hydrogen (secondary N) is 1. The van der Waals surface area contributed by atoms with E-state index in [4.69, 9.17) is 16.3 Å². The molecule has 0 saturated carbocycles. The monoisotopic (exact) mass is 253 g/mol. The second kappa shape index (κ2) is 4.57. The topological polar surface area (TPSA) is 38.3 Å². The zero-order valence-electron chi connectivity index (χ0n) is 10.0. The Hall–Kier alpha value is -1.22. The molecule has 1 aromatic carbocycles. The van der Waals surface area contributed by atoms with E-state index in [1.54, 1.807) is 6.07 Å². The van der Waals surface area contributed by atoms with Crippen molar-refractivity contribution in [1.82, 2.24) is 5.32 Å². The summed E-state index contributed by atoms with van der Waals surface area (Å²) in [6.45, 7) is 4.50. The van der Waals surface area contributed by atoms with Crippen LogP contribution in [0.4, 0.5) is 0 Å². The molecule has 3 nitrogen and oxygen atoms in total. The first kappa shape index (κ1) is 12.2. The van der Waals surface area contributed by atoms with E-state index in [2.05, 4.69) is 5.32 Å². The van der Waals surface area contributed by atoms with Crippen LogP contribution in [0.3, 0.4) is 0 Å². The fourth-order valence-electron chi connectivity index (χ4n) is 1.74. The molecule has 0 radical (unpaired) electrons. The van der Waals surface area contributed by atoms with Gasteiger partial charge in [0.15, 0.2) is 0 Å². The van der Waals surface area contributed by atoms with E-state index in [1.807, 2.05) is 26.0 Å². The highest BCUT2D eigenvalue weighted by Crippen LogP contribution is 2.26. The highest BCUT2D eigenvalue weighted by atomic mass is 35.5. The van der Waals surface area contributed by atoms with E-state index >= 15 is 0 Å². The summed E-state index contributed by atoms with van der Waals surface area (Å²) in [5.74, 6) is 1.18. The van der Waals surface area contributed by atoms with E-state index < -0.39 is 5.54 Å². The van der Waals surface area contributed by atoms with Gasteiger partial charge in [-0.25, -0.2) is 0 Å². The number of ether oxygens (including phenoxy) is 1. The van der Waals surface area contributed by atoms with Gasteiger partial charge in [0.2, 0.25) is 0 Å². The predicted molar refractivity (Wildman–Crippen MR) is 67.9 cm³/mol. The summed E-state index contributed by atoms with van der Waals surface area (Å²) in [6, 6.07) is 5.52. The molecule has 1 N–H and O–H groups in total. The quantitative estimate of drug-likeness (QED) is 0.840. The summed E-state index contributed by atoms with van der Waals surface area (Å²) in [6.07, 6.45) is 0.870. The van der Waals surface area contributed by atoms with Gasteiger partial charge in [0.25, 0.3) is 5.91 Å². The minimum absolute atomic E-state index is 0.0923. The number of hydrogen-bond donors (Lipinski definition) is 1. The van der Waals surface area contributed by atoms with Gasteiger partial charge in [-0.15, -0.1) is 11.6 Å². The summed E-state index contributed by atoms with van der Waals surface area (Å²) < 4.78 is 5.40. The molecular formula is C13H16ClNO2. The lowest BCUT2D eigenvalue weighted by Gasteiger charge is -2.23. The van der Waals surface area contributed by atoms with E-state index in [-0.39, 0.29) is 5.91 Å². The van der Waals surface area contributed by atoms with Crippen molar-refractivity contribution in [1.29, 1.82) is 0 Å². The Balaban J connectivity index is 2.15. The highest BCUT2D eigenvalue weighted by molar-refractivity contribution is 6.18. The zero-order chi connectivity index (χ0) is 12.5. The van der Waals surface area contributed by atoms with Crippen molar-refractivity contribution in [3.8, 4) is 5.75 Å². The first-order valence-electron chi connectivity index (χ1n) is 5.66. The van der Waals surface area contributed by atoms with Crippen LogP contribution in [0, 0.1) is 0 Å². The number of fused-ring (bicyclic) bond motifs is 1. The van der Waals surface area contributed by atoms with Crippen molar-refractivity contribution >= 4 is 17.5 Å². The number of hydrogen-bond acceptors (Lipinski definition) is 2. The molecule has 1 amide bonds. The number of alkyl halides is 1. The van der Waals surface area contributed by atoms with Gasteiger partial charge in [-0.05, 0) is 37.6 Å². The Bertz CT molecular complexity index is 443. The summed E-state index contributed by atoms with van der Waals surface area (Å²) >= 11 is 5.78. The van der Waals surface area contributed by atoms with Crippen LogP contribution < -0.4 is 10.1 Å². The molecule has 17 heavy (non-hydrogen) atoms. The van der Waals surface area contributed by atoms with Crippen molar-refractivity contribution in [2.75, 3.05) is 12.5 Å². The molecule has 0 aliphatic carbocycles. The Morgan fingerprint density at radius 3 is 3.00 bits per heavy atom. The molecule has 1 aromatic rings. The van der Waals surface area contributed by atoms with Gasteiger partial charge >= 0.3 is 0 Å². The minimum Gasteiger partial charge on any atom is -0.493 e. The van der Waals surface area contributed by atoms with Crippen molar-refractivity contribution in [2.45, 2.75) is 25.8 Å². The normalized spacial score (nSPS) is 14.1. The lowest BCUT2D eigenvalue weighted by atomic mass is 10.1. The molecule has 2 rings (SSSR count). The minimum atomic E-state index is -0.395. The molecule has 0 unspecified atom stereocenters. The second-order valence-electron chi connectivity index (χ2n) is 4.89. The van der Waals surface area contributed by atoms with Crippen LogP contribution in [-0.4, -0.2) is 23.9 Å². The highest BCUT2D eigenvalue weighted by Gasteiger charge is 2.21. The summed E-state index contributed by atoms with van der Waals surface area (Å²) in [4.78, 5) is 12.0. The maximum Gasteiger partial charge on any atom is 0.251 e. The second-order valence-corrected chi connectivity index (χ2v) is 5.16. The molecule has 0 fully saturated rings. The molecule has 1 aliphatic rings. The lowest BCUT2D eigenvalue weighted by molar-refractivity contribution is 0.0920. The van der Waals surface area contributed by atoms with Crippen LogP contribution in [0.15, 0.2) is 18.2 Å². The van der Waals surface area contributed by atoms with Crippen molar-refractivity contribution in [2.24, 2.45) is 0 Å². The van der Waals surface area contributed by atoms with Gasteiger partial charge in [-0.2, -0.15) is 0 Å². The average Bonchev–Trinajstić information content (AvgIpc) is 2.75. The summed E-state index contributed by atoms with van der Waals surface area (Å²) in [5.41, 5.74) is 1.36. The van der Waals surface area contributed by atoms with Crippen LogP contribution in [0.1, 0.15) is 29.8 Å². The van der Waals surface area contributed by atoms with Crippen LogP contribution in [0.25, 0.3) is 0 Å². The van der Waals surface area contributed by atoms with Crippen molar-refractivity contribution < 1.29 is 9.53 Å². The van der Waals surface area contributed by atoms with Crippen LogP contribution >= 0.6 is 11.6 Å². The van der Waals surface area contributed by atoms with Crippen LogP contribution in [0.2, 0.25) is 0 Å². The van der Waals surface area contributed by atoms with Gasteiger partial charge in [0.1, 0.15) is 5.75 Å². The molecule has 92 valence electrons. The fraction of sp³-hybridized carbons (Fsp3) is 0.462. The lowest BCUT2D eigenvalue weighted by Crippen LogP contribution is -2.44. The average molecular weight is 254 g/mol. The fourth-order valence-corrected chi connectivity index (χ4v) is 1.81. The zero-order valence-corrected chi connectivity index (χ0v) is 10.8. The summed E-state index contributed by atoms with van der Waals surface area (Å²) in [7, 11) is 0. The van der Waals surface area contributed by atoms with E-state index in [9.17, 15) is 4.79 Å². The van der Waals surface area contributed by atoms with E-state index in [0.717, 1.165) is 17.7 Å². The SMILES string of the molecule is CC(C)(CCl)NC(=O)c1ccc2c(c1)CCO2. The van der Waals surface area contributed by atoms with Crippen molar-refractivity contribution in [3.63, 3.8) is 0 Å². The standard InChI is InChI=1S/C13H16ClNO2/c1-13(2,8-14)15-12(16)10-3-4-11-9(7-10)5-6-17-11/h3-4,7H,5-6,8H2,1-2H3,(H,15,16). The molecule has 0 aromatic heterocycles. The molecule has 0 bridgehead atoms. The molecule has 4 heteroatoms. The molecule has 1 heterocycles. The molecule has 1 aliphatic heterocycles. The third kappa shape index (κ3) is 2.72. The van der Waals surface area contributed by atoms with Crippen LogP contribution in [0.5, 0.6) is 5.75 Å². The number of carbonyl (C=O) groups excluding carboxylic acids is 1. The van der Waals surface area contributed by atoms with Gasteiger partial charge < -0.3 is 10.1 Å². The largest absolute Gasteiger partial charge is 0.493 e. The van der Waals surface area contributed by atoms with Crippen molar-refractivity contribution in [3.05, 3.63) is 29.3 Å². The number of carbonyl (C=O) groups is 1. The summed E-state index contributed by atoms with van der Waals surface area (Å²) in [5, 5.41) is 2.90. The molecule has 0 saturated heterocycles. The Labute approximate surface area is 106 Å². The molecule has 0 spiro atoms. The number of amides is 1. The first-order valence-corrected chi connectivity index (χ1v) is 6.19. The third-order valence-electron chi connectivity index (χ3n) is 2.74. The molecular weight excluding hydrogens is 238 g/mol. The van der Waals surface area contributed by atoms with Crippen LogP contribution in [-0.2, 0) is 6.42 Å². The Kier molecular flexibility index (Phi) is 3.29. The number of rotatable bonds is 3. The first-order chi connectivity index (χ1) is 8.02. The third-order valence-corrected chi connectivity index (χ3v) is 3.41. The van der Waals surface area contributed by atoms with E-state index in [1.165, 1.54) is 0 Å². The number of halogens is 1. The maximum atomic E-state index is 12.0. The number of benzene rings is 1. The predicted octanol–water partition coefficient (Wildman–Crippen LogP) is 2.37. The van der Waals surface area contributed by atoms with Gasteiger partial charge in [0.05, 0.1) is 6.61 Å². The Morgan fingerprint density at radius 2 is 2.29 bits per heavy atom. The van der Waals surface area contributed by atoms with E-state index in [0.29, 0.717) is 18.1 Å².